The van der Waals surface area contributed by atoms with Gasteiger partial charge in [0.1, 0.15) is 0 Å². The van der Waals surface area contributed by atoms with Gasteiger partial charge in [-0.15, -0.1) is 0 Å². The second kappa shape index (κ2) is 7.36. The van der Waals surface area contributed by atoms with E-state index in [9.17, 15) is 9.90 Å². The molecule has 0 saturated heterocycles. The van der Waals surface area contributed by atoms with Gasteiger partial charge >= 0.3 is 0 Å². The first-order valence-corrected chi connectivity index (χ1v) is 8.00. The van der Waals surface area contributed by atoms with Gasteiger partial charge in [-0.1, -0.05) is 29.8 Å². The summed E-state index contributed by atoms with van der Waals surface area (Å²) in [5, 5.41) is 12.4. The summed E-state index contributed by atoms with van der Waals surface area (Å²) < 4.78 is 10.5. The van der Waals surface area contributed by atoms with Crippen LogP contribution in [0.3, 0.4) is 0 Å². The molecule has 1 amide bonds. The number of ether oxygens (including phenoxy) is 2. The Morgan fingerprint density at radius 3 is 2.67 bits per heavy atom. The Bertz CT molecular complexity index is 712. The van der Waals surface area contributed by atoms with E-state index >= 15 is 0 Å². The summed E-state index contributed by atoms with van der Waals surface area (Å²) in [6.07, 6.45) is 0.720. The number of carbonyl (C=O) groups is 1. The third-order valence-corrected chi connectivity index (χ3v) is 4.09. The number of rotatable bonds is 6. The SMILES string of the molecule is Cc1ccc(CC(CO)CNC(=O)c2ccc3c(c2)OCO3)cc1. The Labute approximate surface area is 141 Å². The van der Waals surface area contributed by atoms with Gasteiger partial charge in [-0.05, 0) is 37.1 Å². The smallest absolute Gasteiger partial charge is 0.251 e. The fourth-order valence-electron chi connectivity index (χ4n) is 2.64. The average Bonchev–Trinajstić information content (AvgIpc) is 3.07. The third kappa shape index (κ3) is 3.86. The molecule has 1 heterocycles. The number of carbonyl (C=O) groups excluding carboxylic acids is 1. The van der Waals surface area contributed by atoms with E-state index in [1.54, 1.807) is 18.2 Å². The van der Waals surface area contributed by atoms with Crippen molar-refractivity contribution in [3.63, 3.8) is 0 Å². The third-order valence-electron chi connectivity index (χ3n) is 4.09. The van der Waals surface area contributed by atoms with Crippen LogP contribution in [0, 0.1) is 12.8 Å². The van der Waals surface area contributed by atoms with Crippen molar-refractivity contribution in [2.24, 2.45) is 5.92 Å². The molecule has 24 heavy (non-hydrogen) atoms. The predicted octanol–water partition coefficient (Wildman–Crippen LogP) is 2.30. The minimum absolute atomic E-state index is 0.0225. The number of hydrogen-bond donors (Lipinski definition) is 2. The normalized spacial score (nSPS) is 13.6. The van der Waals surface area contributed by atoms with Gasteiger partial charge in [-0.3, -0.25) is 4.79 Å². The maximum Gasteiger partial charge on any atom is 0.251 e. The predicted molar refractivity (Wildman–Crippen MR) is 90.4 cm³/mol. The van der Waals surface area contributed by atoms with Crippen LogP contribution in [-0.4, -0.2) is 31.0 Å². The zero-order valence-electron chi connectivity index (χ0n) is 13.6. The second-order valence-corrected chi connectivity index (χ2v) is 6.02. The summed E-state index contributed by atoms with van der Waals surface area (Å²) in [6, 6.07) is 13.3. The lowest BCUT2D eigenvalue weighted by molar-refractivity contribution is 0.0939. The molecule has 5 heteroatoms. The van der Waals surface area contributed by atoms with Crippen LogP contribution in [0.4, 0.5) is 0 Å². The summed E-state index contributed by atoms with van der Waals surface area (Å²) in [7, 11) is 0. The molecule has 0 aliphatic carbocycles. The van der Waals surface area contributed by atoms with Crippen molar-refractivity contribution in [2.45, 2.75) is 13.3 Å². The lowest BCUT2D eigenvalue weighted by atomic mass is 9.99. The molecule has 0 aromatic heterocycles. The number of fused-ring (bicyclic) bond motifs is 1. The molecule has 5 nitrogen and oxygen atoms in total. The number of hydrogen-bond acceptors (Lipinski definition) is 4. The number of amides is 1. The minimum Gasteiger partial charge on any atom is -0.454 e. The molecule has 0 saturated carbocycles. The maximum atomic E-state index is 12.3. The van der Waals surface area contributed by atoms with Crippen molar-refractivity contribution < 1.29 is 19.4 Å². The maximum absolute atomic E-state index is 12.3. The molecule has 2 N–H and O–H groups in total. The van der Waals surface area contributed by atoms with E-state index in [4.69, 9.17) is 9.47 Å². The van der Waals surface area contributed by atoms with E-state index in [2.05, 4.69) is 29.6 Å². The molecule has 2 aromatic rings. The van der Waals surface area contributed by atoms with Gasteiger partial charge in [0.25, 0.3) is 5.91 Å². The first-order chi connectivity index (χ1) is 11.7. The van der Waals surface area contributed by atoms with Crippen molar-refractivity contribution >= 4 is 5.91 Å². The van der Waals surface area contributed by atoms with Gasteiger partial charge < -0.3 is 19.9 Å². The Kier molecular flexibility index (Phi) is 5.01. The van der Waals surface area contributed by atoms with Crippen LogP contribution < -0.4 is 14.8 Å². The van der Waals surface area contributed by atoms with Gasteiger partial charge in [-0.2, -0.15) is 0 Å². The quantitative estimate of drug-likeness (QED) is 0.854. The molecule has 1 unspecified atom stereocenters. The first-order valence-electron chi connectivity index (χ1n) is 8.00. The van der Waals surface area contributed by atoms with Crippen molar-refractivity contribution in [2.75, 3.05) is 19.9 Å². The summed E-state index contributed by atoms with van der Waals surface area (Å²) >= 11 is 0. The molecule has 3 rings (SSSR count). The van der Waals surface area contributed by atoms with E-state index in [0.29, 0.717) is 23.6 Å². The highest BCUT2D eigenvalue weighted by atomic mass is 16.7. The Morgan fingerprint density at radius 2 is 1.92 bits per heavy atom. The molecule has 1 aliphatic heterocycles. The van der Waals surface area contributed by atoms with Crippen molar-refractivity contribution in [3.8, 4) is 11.5 Å². The van der Waals surface area contributed by atoms with Crippen LogP contribution in [0.5, 0.6) is 11.5 Å². The standard InChI is InChI=1S/C19H21NO4/c1-13-2-4-14(5-3-13)8-15(11-21)10-20-19(22)16-6-7-17-18(9-16)24-12-23-17/h2-7,9,15,21H,8,10-12H2,1H3,(H,20,22). The molecule has 0 fully saturated rings. The summed E-state index contributed by atoms with van der Waals surface area (Å²) in [5.41, 5.74) is 2.87. The molecule has 0 spiro atoms. The highest BCUT2D eigenvalue weighted by molar-refractivity contribution is 5.94. The van der Waals surface area contributed by atoms with Crippen LogP contribution in [0.1, 0.15) is 21.5 Å². The lowest BCUT2D eigenvalue weighted by Gasteiger charge is -2.15. The number of aliphatic hydroxyl groups is 1. The summed E-state index contributed by atoms with van der Waals surface area (Å²) in [6.45, 7) is 2.66. The van der Waals surface area contributed by atoms with Crippen molar-refractivity contribution in [1.82, 2.24) is 5.32 Å². The summed E-state index contributed by atoms with van der Waals surface area (Å²) in [5.74, 6) is 1.03. The van der Waals surface area contributed by atoms with Crippen molar-refractivity contribution in [3.05, 3.63) is 59.2 Å². The molecule has 1 atom stereocenters. The van der Waals surface area contributed by atoms with E-state index in [-0.39, 0.29) is 25.2 Å². The molecule has 1 aliphatic rings. The topological polar surface area (TPSA) is 67.8 Å². The van der Waals surface area contributed by atoms with Gasteiger partial charge in [0.2, 0.25) is 6.79 Å². The van der Waals surface area contributed by atoms with E-state index in [0.717, 1.165) is 12.0 Å². The van der Waals surface area contributed by atoms with Gasteiger partial charge in [0, 0.05) is 24.6 Å². The number of benzene rings is 2. The average molecular weight is 327 g/mol. The largest absolute Gasteiger partial charge is 0.454 e. The Morgan fingerprint density at radius 1 is 1.17 bits per heavy atom. The zero-order valence-corrected chi connectivity index (χ0v) is 13.6. The van der Waals surface area contributed by atoms with Gasteiger partial charge in [0.15, 0.2) is 11.5 Å². The van der Waals surface area contributed by atoms with Gasteiger partial charge in [-0.25, -0.2) is 0 Å². The first kappa shape index (κ1) is 16.3. The number of aryl methyl sites for hydroxylation is 1. The lowest BCUT2D eigenvalue weighted by Crippen LogP contribution is -2.31. The Balaban J connectivity index is 1.56. The molecule has 0 radical (unpaired) electrons. The van der Waals surface area contributed by atoms with Crippen LogP contribution >= 0.6 is 0 Å². The molecule has 126 valence electrons. The van der Waals surface area contributed by atoms with E-state index < -0.39 is 0 Å². The summed E-state index contributed by atoms with van der Waals surface area (Å²) in [4.78, 5) is 12.3. The molecule has 0 bridgehead atoms. The van der Waals surface area contributed by atoms with Crippen LogP contribution in [0.15, 0.2) is 42.5 Å². The zero-order chi connectivity index (χ0) is 16.9. The Hall–Kier alpha value is -2.53. The van der Waals surface area contributed by atoms with E-state index in [1.807, 2.05) is 6.92 Å². The fraction of sp³-hybridized carbons (Fsp3) is 0.316. The highest BCUT2D eigenvalue weighted by Gasteiger charge is 2.17. The number of nitrogens with one attached hydrogen (secondary N) is 1. The minimum atomic E-state index is -0.185. The molecular weight excluding hydrogens is 306 g/mol. The monoisotopic (exact) mass is 327 g/mol. The highest BCUT2D eigenvalue weighted by Crippen LogP contribution is 2.32. The van der Waals surface area contributed by atoms with Crippen LogP contribution in [-0.2, 0) is 6.42 Å². The van der Waals surface area contributed by atoms with Crippen molar-refractivity contribution in [1.29, 1.82) is 0 Å². The second-order valence-electron chi connectivity index (χ2n) is 6.02. The molecule has 2 aromatic carbocycles. The fourth-order valence-corrected chi connectivity index (χ4v) is 2.64. The number of aliphatic hydroxyl groups excluding tert-OH is 1. The van der Waals surface area contributed by atoms with E-state index in [1.165, 1.54) is 5.56 Å². The van der Waals surface area contributed by atoms with Crippen LogP contribution in [0.25, 0.3) is 0 Å². The molecular formula is C19H21NO4. The van der Waals surface area contributed by atoms with Crippen LogP contribution in [0.2, 0.25) is 0 Å². The van der Waals surface area contributed by atoms with Gasteiger partial charge in [0.05, 0.1) is 0 Å².